The monoisotopic (exact) mass is 251 g/mol. The summed E-state index contributed by atoms with van der Waals surface area (Å²) in [4.78, 5) is 21.1. The zero-order chi connectivity index (χ0) is 13.2. The Bertz CT molecular complexity index is 363. The van der Waals surface area contributed by atoms with Gasteiger partial charge in [0.15, 0.2) is 0 Å². The quantitative estimate of drug-likeness (QED) is 0.404. The average Bonchev–Trinajstić information content (AvgIpc) is 2.39. The maximum absolute atomic E-state index is 11.6. The molecule has 99 valence electrons. The fourth-order valence-electron chi connectivity index (χ4n) is 1.36. The number of benzene rings is 1. The standard InChI is InChI=1S/C14H19O4/c1-3-5-6-10-17-18-14(15)12-8-7-9-13(11-12)16-4-2/h7-9,11H,1,3-6,10H2,2H3. The number of carbonyl (C=O) groups excluding carboxylic acids is 1. The molecule has 0 saturated carbocycles. The second-order valence-corrected chi connectivity index (χ2v) is 3.71. The van der Waals surface area contributed by atoms with Gasteiger partial charge in [-0.3, -0.25) is 4.89 Å². The molecular weight excluding hydrogens is 232 g/mol. The van der Waals surface area contributed by atoms with E-state index in [0.717, 1.165) is 19.3 Å². The molecule has 0 amide bonds. The molecule has 1 rings (SSSR count). The molecule has 0 saturated heterocycles. The van der Waals surface area contributed by atoms with Gasteiger partial charge in [0, 0.05) is 0 Å². The molecule has 0 aliphatic rings. The van der Waals surface area contributed by atoms with Crippen molar-refractivity contribution in [1.82, 2.24) is 0 Å². The fraction of sp³-hybridized carbons (Fsp3) is 0.429. The molecular formula is C14H19O4. The molecule has 0 heterocycles. The topological polar surface area (TPSA) is 44.8 Å². The highest BCUT2D eigenvalue weighted by molar-refractivity contribution is 5.89. The molecule has 1 radical (unpaired) electrons. The summed E-state index contributed by atoms with van der Waals surface area (Å²) in [5.41, 5.74) is 0.415. The summed E-state index contributed by atoms with van der Waals surface area (Å²) in [6.07, 6.45) is 2.64. The molecule has 0 fully saturated rings. The summed E-state index contributed by atoms with van der Waals surface area (Å²) >= 11 is 0. The van der Waals surface area contributed by atoms with Crippen LogP contribution in [0, 0.1) is 6.92 Å². The number of hydrogen-bond donors (Lipinski definition) is 0. The molecule has 0 aliphatic heterocycles. The Morgan fingerprint density at radius 3 is 2.89 bits per heavy atom. The smallest absolute Gasteiger partial charge is 0.373 e. The Morgan fingerprint density at radius 2 is 2.17 bits per heavy atom. The van der Waals surface area contributed by atoms with Crippen molar-refractivity contribution < 1.29 is 19.3 Å². The van der Waals surface area contributed by atoms with E-state index >= 15 is 0 Å². The molecule has 0 bridgehead atoms. The first-order chi connectivity index (χ1) is 8.77. The first-order valence-electron chi connectivity index (χ1n) is 6.13. The van der Waals surface area contributed by atoms with Crippen LogP contribution in [0.4, 0.5) is 0 Å². The van der Waals surface area contributed by atoms with Crippen molar-refractivity contribution in [3.05, 3.63) is 36.8 Å². The summed E-state index contributed by atoms with van der Waals surface area (Å²) in [7, 11) is 0. The third-order valence-corrected chi connectivity index (χ3v) is 2.24. The van der Waals surface area contributed by atoms with Crippen molar-refractivity contribution in [2.24, 2.45) is 0 Å². The maximum atomic E-state index is 11.6. The van der Waals surface area contributed by atoms with Crippen LogP contribution in [-0.2, 0) is 9.78 Å². The van der Waals surface area contributed by atoms with E-state index < -0.39 is 5.97 Å². The lowest BCUT2D eigenvalue weighted by molar-refractivity contribution is -0.241. The molecule has 4 nitrogen and oxygen atoms in total. The van der Waals surface area contributed by atoms with Crippen LogP contribution >= 0.6 is 0 Å². The summed E-state index contributed by atoms with van der Waals surface area (Å²) < 4.78 is 5.30. The van der Waals surface area contributed by atoms with Gasteiger partial charge in [-0.1, -0.05) is 25.8 Å². The van der Waals surface area contributed by atoms with Gasteiger partial charge in [0.25, 0.3) is 0 Å². The second kappa shape index (κ2) is 8.53. The highest BCUT2D eigenvalue weighted by Crippen LogP contribution is 2.14. The van der Waals surface area contributed by atoms with Crippen molar-refractivity contribution in [3.8, 4) is 5.75 Å². The largest absolute Gasteiger partial charge is 0.494 e. The van der Waals surface area contributed by atoms with Crippen molar-refractivity contribution in [2.45, 2.75) is 26.2 Å². The van der Waals surface area contributed by atoms with Gasteiger partial charge in [-0.25, -0.2) is 4.79 Å². The molecule has 4 heteroatoms. The first-order valence-corrected chi connectivity index (χ1v) is 6.13. The Hall–Kier alpha value is -1.55. The summed E-state index contributed by atoms with van der Waals surface area (Å²) in [6, 6.07) is 6.81. The van der Waals surface area contributed by atoms with Crippen molar-refractivity contribution in [3.63, 3.8) is 0 Å². The van der Waals surface area contributed by atoms with Crippen LogP contribution < -0.4 is 4.74 Å². The molecule has 0 aliphatic carbocycles. The van der Waals surface area contributed by atoms with Gasteiger partial charge in [-0.05, 0) is 31.5 Å². The van der Waals surface area contributed by atoms with Crippen LogP contribution in [-0.4, -0.2) is 19.2 Å². The molecule has 1 aromatic carbocycles. The van der Waals surface area contributed by atoms with E-state index in [1.54, 1.807) is 24.3 Å². The molecule has 0 aromatic heterocycles. The lowest BCUT2D eigenvalue weighted by atomic mass is 10.2. The van der Waals surface area contributed by atoms with Crippen molar-refractivity contribution in [1.29, 1.82) is 0 Å². The molecule has 0 unspecified atom stereocenters. The second-order valence-electron chi connectivity index (χ2n) is 3.71. The molecule has 1 aromatic rings. The average molecular weight is 251 g/mol. The number of hydrogen-bond acceptors (Lipinski definition) is 4. The van der Waals surface area contributed by atoms with Crippen LogP contribution in [0.15, 0.2) is 24.3 Å². The van der Waals surface area contributed by atoms with Gasteiger partial charge in [-0.2, -0.15) is 4.89 Å². The number of carbonyl (C=O) groups is 1. The third-order valence-electron chi connectivity index (χ3n) is 2.24. The lowest BCUT2D eigenvalue weighted by Gasteiger charge is -2.06. The van der Waals surface area contributed by atoms with Gasteiger partial charge in [0.2, 0.25) is 0 Å². The zero-order valence-corrected chi connectivity index (χ0v) is 10.7. The highest BCUT2D eigenvalue weighted by atomic mass is 17.2. The zero-order valence-electron chi connectivity index (χ0n) is 10.7. The minimum Gasteiger partial charge on any atom is -0.494 e. The van der Waals surface area contributed by atoms with E-state index in [1.807, 2.05) is 6.92 Å². The Morgan fingerprint density at radius 1 is 1.33 bits per heavy atom. The van der Waals surface area contributed by atoms with E-state index in [1.165, 1.54) is 0 Å². The number of unbranched alkanes of at least 4 members (excludes halogenated alkanes) is 2. The Labute approximate surface area is 108 Å². The van der Waals surface area contributed by atoms with E-state index in [0.29, 0.717) is 24.5 Å². The lowest BCUT2D eigenvalue weighted by Crippen LogP contribution is -2.07. The van der Waals surface area contributed by atoms with Crippen LogP contribution in [0.25, 0.3) is 0 Å². The molecule has 0 spiro atoms. The Kier molecular flexibility index (Phi) is 6.87. The predicted molar refractivity (Wildman–Crippen MR) is 68.2 cm³/mol. The number of ether oxygens (including phenoxy) is 1. The van der Waals surface area contributed by atoms with Gasteiger partial charge >= 0.3 is 5.97 Å². The molecule has 0 atom stereocenters. The van der Waals surface area contributed by atoms with Crippen LogP contribution in [0.5, 0.6) is 5.75 Å². The predicted octanol–water partition coefficient (Wildman–Crippen LogP) is 3.18. The van der Waals surface area contributed by atoms with E-state index in [9.17, 15) is 4.79 Å². The highest BCUT2D eigenvalue weighted by Gasteiger charge is 2.09. The van der Waals surface area contributed by atoms with Crippen LogP contribution in [0.1, 0.15) is 36.5 Å². The number of rotatable bonds is 8. The fourth-order valence-corrected chi connectivity index (χ4v) is 1.36. The molecule has 18 heavy (non-hydrogen) atoms. The first kappa shape index (κ1) is 14.5. The van der Waals surface area contributed by atoms with E-state index in [2.05, 4.69) is 6.92 Å². The SMILES string of the molecule is [CH2]CCCCOOC(=O)c1cccc(OCC)c1. The van der Waals surface area contributed by atoms with Gasteiger partial charge < -0.3 is 4.74 Å². The summed E-state index contributed by atoms with van der Waals surface area (Å²) in [5.74, 6) is 0.134. The van der Waals surface area contributed by atoms with Gasteiger partial charge in [-0.15, -0.1) is 0 Å². The minimum atomic E-state index is -0.508. The normalized spacial score (nSPS) is 10.1. The van der Waals surface area contributed by atoms with Crippen LogP contribution in [0.3, 0.4) is 0 Å². The van der Waals surface area contributed by atoms with Crippen molar-refractivity contribution in [2.75, 3.05) is 13.2 Å². The van der Waals surface area contributed by atoms with Gasteiger partial charge in [0.1, 0.15) is 5.75 Å². The third kappa shape index (κ3) is 5.19. The Balaban J connectivity index is 2.38. The van der Waals surface area contributed by atoms with E-state index in [-0.39, 0.29) is 0 Å². The van der Waals surface area contributed by atoms with Gasteiger partial charge in [0.05, 0.1) is 18.8 Å². The summed E-state index contributed by atoms with van der Waals surface area (Å²) in [5, 5.41) is 0. The minimum absolute atomic E-state index is 0.395. The maximum Gasteiger partial charge on any atom is 0.373 e. The summed E-state index contributed by atoms with van der Waals surface area (Å²) in [6.45, 7) is 6.55. The van der Waals surface area contributed by atoms with E-state index in [4.69, 9.17) is 14.5 Å². The van der Waals surface area contributed by atoms with Crippen LogP contribution in [0.2, 0.25) is 0 Å². The van der Waals surface area contributed by atoms with Crippen molar-refractivity contribution >= 4 is 5.97 Å². The molecule has 0 N–H and O–H groups in total.